The van der Waals surface area contributed by atoms with Gasteiger partial charge in [-0.25, -0.2) is 0 Å². The lowest BCUT2D eigenvalue weighted by Crippen LogP contribution is -2.36. The topological polar surface area (TPSA) is 43.1 Å². The van der Waals surface area contributed by atoms with Gasteiger partial charge in [-0.05, 0) is 35.6 Å². The van der Waals surface area contributed by atoms with Gasteiger partial charge in [0.2, 0.25) is 0 Å². The molecule has 3 heteroatoms. The standard InChI is InChI=1S/C17H19NOS/c1-12-11-16(20(19)13-7-3-2-4-8-13)17(18)15-10-6-5-9-14(12)15/h2-10,12,16-17H,11,18H2,1H3. The molecular weight excluding hydrogens is 266 g/mol. The van der Waals surface area contributed by atoms with Gasteiger partial charge in [0.1, 0.15) is 0 Å². The smallest absolute Gasteiger partial charge is 0.0593 e. The molecule has 0 aromatic heterocycles. The van der Waals surface area contributed by atoms with E-state index in [4.69, 9.17) is 5.73 Å². The minimum atomic E-state index is -1.05. The van der Waals surface area contributed by atoms with Crippen molar-refractivity contribution in [2.24, 2.45) is 5.73 Å². The molecule has 0 fully saturated rings. The highest BCUT2D eigenvalue weighted by molar-refractivity contribution is 7.85. The van der Waals surface area contributed by atoms with E-state index < -0.39 is 10.8 Å². The van der Waals surface area contributed by atoms with Crippen molar-refractivity contribution in [1.82, 2.24) is 0 Å². The Morgan fingerprint density at radius 2 is 1.60 bits per heavy atom. The van der Waals surface area contributed by atoms with E-state index in [0.717, 1.165) is 16.9 Å². The molecule has 20 heavy (non-hydrogen) atoms. The van der Waals surface area contributed by atoms with Crippen LogP contribution in [0.3, 0.4) is 0 Å². The van der Waals surface area contributed by atoms with Crippen molar-refractivity contribution >= 4 is 10.8 Å². The maximum atomic E-state index is 12.8. The molecule has 2 N–H and O–H groups in total. The first kappa shape index (κ1) is 13.5. The van der Waals surface area contributed by atoms with Crippen molar-refractivity contribution < 1.29 is 4.21 Å². The van der Waals surface area contributed by atoms with Crippen LogP contribution in [0.25, 0.3) is 0 Å². The second kappa shape index (κ2) is 5.51. The van der Waals surface area contributed by atoms with Gasteiger partial charge in [0.05, 0.1) is 16.0 Å². The highest BCUT2D eigenvalue weighted by Crippen LogP contribution is 2.39. The molecule has 2 aromatic rings. The average Bonchev–Trinajstić information content (AvgIpc) is 2.51. The highest BCUT2D eigenvalue weighted by Gasteiger charge is 2.34. The van der Waals surface area contributed by atoms with E-state index in [-0.39, 0.29) is 11.3 Å². The van der Waals surface area contributed by atoms with Gasteiger partial charge in [0.15, 0.2) is 0 Å². The van der Waals surface area contributed by atoms with Crippen molar-refractivity contribution in [2.45, 2.75) is 35.4 Å². The fraction of sp³-hybridized carbons (Fsp3) is 0.294. The van der Waals surface area contributed by atoms with Gasteiger partial charge in [0, 0.05) is 10.9 Å². The summed E-state index contributed by atoms with van der Waals surface area (Å²) in [6.45, 7) is 2.19. The minimum Gasteiger partial charge on any atom is -0.323 e. The predicted octanol–water partition coefficient (Wildman–Crippen LogP) is 3.37. The van der Waals surface area contributed by atoms with E-state index in [1.54, 1.807) is 0 Å². The Morgan fingerprint density at radius 1 is 1.00 bits per heavy atom. The molecule has 0 saturated heterocycles. The first-order valence-corrected chi connectivity index (χ1v) is 8.20. The molecule has 0 bridgehead atoms. The van der Waals surface area contributed by atoms with E-state index in [1.807, 2.05) is 36.4 Å². The SMILES string of the molecule is CC1CC(S(=O)c2ccccc2)C(N)c2ccccc21. The van der Waals surface area contributed by atoms with E-state index in [1.165, 1.54) is 5.56 Å². The molecule has 1 aliphatic carbocycles. The lowest BCUT2D eigenvalue weighted by Gasteiger charge is -2.34. The summed E-state index contributed by atoms with van der Waals surface area (Å²) < 4.78 is 12.8. The summed E-state index contributed by atoms with van der Waals surface area (Å²) in [7, 11) is -1.05. The summed E-state index contributed by atoms with van der Waals surface area (Å²) in [6, 6.07) is 17.8. The van der Waals surface area contributed by atoms with Gasteiger partial charge in [-0.15, -0.1) is 0 Å². The molecule has 2 aromatic carbocycles. The molecule has 104 valence electrons. The predicted molar refractivity (Wildman–Crippen MR) is 83.0 cm³/mol. The van der Waals surface area contributed by atoms with Gasteiger partial charge in [-0.2, -0.15) is 0 Å². The Labute approximate surface area is 122 Å². The number of fused-ring (bicyclic) bond motifs is 1. The van der Waals surface area contributed by atoms with Crippen molar-refractivity contribution in [3.05, 3.63) is 65.7 Å². The van der Waals surface area contributed by atoms with Gasteiger partial charge < -0.3 is 5.73 Å². The summed E-state index contributed by atoms with van der Waals surface area (Å²) >= 11 is 0. The van der Waals surface area contributed by atoms with E-state index in [2.05, 4.69) is 25.1 Å². The number of nitrogens with two attached hydrogens (primary N) is 1. The fourth-order valence-electron chi connectivity index (χ4n) is 3.04. The summed E-state index contributed by atoms with van der Waals surface area (Å²) in [4.78, 5) is 0.875. The molecular formula is C17H19NOS. The Balaban J connectivity index is 1.95. The average molecular weight is 285 g/mol. The molecule has 0 heterocycles. The lowest BCUT2D eigenvalue weighted by molar-refractivity contribution is 0.513. The third-order valence-electron chi connectivity index (χ3n) is 4.12. The summed E-state index contributed by atoms with van der Waals surface area (Å²) in [5.74, 6) is 0.406. The van der Waals surface area contributed by atoms with Crippen LogP contribution in [0.4, 0.5) is 0 Å². The Morgan fingerprint density at radius 3 is 2.30 bits per heavy atom. The third kappa shape index (κ3) is 2.32. The molecule has 0 aliphatic heterocycles. The van der Waals surface area contributed by atoms with E-state index in [9.17, 15) is 4.21 Å². The van der Waals surface area contributed by atoms with Crippen LogP contribution >= 0.6 is 0 Å². The molecule has 0 radical (unpaired) electrons. The summed E-state index contributed by atoms with van der Waals surface area (Å²) in [5.41, 5.74) is 8.86. The number of hydrogen-bond acceptors (Lipinski definition) is 2. The third-order valence-corrected chi connectivity index (χ3v) is 5.90. The zero-order valence-corrected chi connectivity index (χ0v) is 12.3. The molecule has 0 spiro atoms. The highest BCUT2D eigenvalue weighted by atomic mass is 32.2. The van der Waals surface area contributed by atoms with E-state index in [0.29, 0.717) is 5.92 Å². The first-order chi connectivity index (χ1) is 9.68. The number of hydrogen-bond donors (Lipinski definition) is 1. The van der Waals surface area contributed by atoms with Gasteiger partial charge >= 0.3 is 0 Å². The first-order valence-electron chi connectivity index (χ1n) is 6.98. The maximum Gasteiger partial charge on any atom is 0.0593 e. The van der Waals surface area contributed by atoms with Crippen molar-refractivity contribution in [2.75, 3.05) is 0 Å². The van der Waals surface area contributed by atoms with Gasteiger partial charge in [-0.1, -0.05) is 49.4 Å². The zero-order valence-electron chi connectivity index (χ0n) is 11.5. The second-order valence-corrected chi connectivity index (χ2v) is 7.11. The second-order valence-electron chi connectivity index (χ2n) is 5.44. The normalized spacial score (nSPS) is 26.8. The van der Waals surface area contributed by atoms with Crippen molar-refractivity contribution in [1.29, 1.82) is 0 Å². The van der Waals surface area contributed by atoms with Crippen LogP contribution in [0, 0.1) is 0 Å². The molecule has 0 amide bonds. The summed E-state index contributed by atoms with van der Waals surface area (Å²) in [5, 5.41) is -0.0118. The quantitative estimate of drug-likeness (QED) is 0.919. The molecule has 1 aliphatic rings. The van der Waals surface area contributed by atoms with Crippen LogP contribution < -0.4 is 5.73 Å². The van der Waals surface area contributed by atoms with Gasteiger partial charge in [0.25, 0.3) is 0 Å². The van der Waals surface area contributed by atoms with E-state index >= 15 is 0 Å². The van der Waals surface area contributed by atoms with Crippen LogP contribution in [0.1, 0.15) is 36.4 Å². The molecule has 0 saturated carbocycles. The van der Waals surface area contributed by atoms with Crippen molar-refractivity contribution in [3.8, 4) is 0 Å². The fourth-order valence-corrected chi connectivity index (χ4v) is 4.69. The number of benzene rings is 2. The molecule has 2 nitrogen and oxygen atoms in total. The maximum absolute atomic E-state index is 12.8. The molecule has 4 unspecified atom stereocenters. The van der Waals surface area contributed by atoms with Gasteiger partial charge in [-0.3, -0.25) is 4.21 Å². The molecule has 4 atom stereocenters. The van der Waals surface area contributed by atoms with Crippen LogP contribution in [0.2, 0.25) is 0 Å². The monoisotopic (exact) mass is 285 g/mol. The number of rotatable bonds is 2. The summed E-state index contributed by atoms with van der Waals surface area (Å²) in [6.07, 6.45) is 0.875. The zero-order chi connectivity index (χ0) is 14.1. The Hall–Kier alpha value is -1.45. The Kier molecular flexibility index (Phi) is 3.72. The van der Waals surface area contributed by atoms with Crippen LogP contribution in [-0.4, -0.2) is 9.46 Å². The molecule has 3 rings (SSSR count). The van der Waals surface area contributed by atoms with Crippen LogP contribution in [0.15, 0.2) is 59.5 Å². The minimum absolute atomic E-state index is 0.0118. The Bertz CT molecular complexity index is 626. The lowest BCUT2D eigenvalue weighted by atomic mass is 9.81. The largest absolute Gasteiger partial charge is 0.323 e. The van der Waals surface area contributed by atoms with Crippen molar-refractivity contribution in [3.63, 3.8) is 0 Å². The van der Waals surface area contributed by atoms with Crippen LogP contribution in [-0.2, 0) is 10.8 Å². The van der Waals surface area contributed by atoms with Crippen LogP contribution in [0.5, 0.6) is 0 Å².